The lowest BCUT2D eigenvalue weighted by atomic mass is 10.1. The van der Waals surface area contributed by atoms with Crippen molar-refractivity contribution in [2.45, 2.75) is 13.0 Å². The first-order valence-corrected chi connectivity index (χ1v) is 5.45. The van der Waals surface area contributed by atoms with Crippen molar-refractivity contribution in [3.63, 3.8) is 0 Å². The van der Waals surface area contributed by atoms with Crippen LogP contribution in [0.2, 0.25) is 0 Å². The molecule has 2 aromatic carbocycles. The van der Waals surface area contributed by atoms with E-state index in [-0.39, 0.29) is 0 Å². The second kappa shape index (κ2) is 4.72. The van der Waals surface area contributed by atoms with Gasteiger partial charge in [-0.05, 0) is 29.8 Å². The van der Waals surface area contributed by atoms with Gasteiger partial charge < -0.3 is 0 Å². The summed E-state index contributed by atoms with van der Waals surface area (Å²) in [6, 6.07) is 13.8. The maximum absolute atomic E-state index is 11.0. The van der Waals surface area contributed by atoms with E-state index in [1.54, 1.807) is 12.1 Å². The van der Waals surface area contributed by atoms with E-state index in [0.29, 0.717) is 5.69 Å². The molecule has 0 amide bonds. The van der Waals surface area contributed by atoms with Gasteiger partial charge in [0.2, 0.25) is 0 Å². The summed E-state index contributed by atoms with van der Waals surface area (Å²) in [7, 11) is 0. The Balaban J connectivity index is 2.52. The summed E-state index contributed by atoms with van der Waals surface area (Å²) in [5, 5.41) is 22.1. The average molecular weight is 241 g/mol. The Hall–Kier alpha value is -2.61. The maximum atomic E-state index is 11.0. The number of benzene rings is 2. The molecule has 0 saturated carbocycles. The summed E-state index contributed by atoms with van der Waals surface area (Å²) in [5.74, 6) is 0. The maximum Gasteiger partial charge on any atom is 0.178 e. The van der Waals surface area contributed by atoms with Gasteiger partial charge in [0.25, 0.3) is 0 Å². The first kappa shape index (κ1) is 11.9. The van der Waals surface area contributed by atoms with Gasteiger partial charge in [-0.1, -0.05) is 35.3 Å². The highest BCUT2D eigenvalue weighted by Crippen LogP contribution is 2.23. The van der Waals surface area contributed by atoms with Gasteiger partial charge in [0.15, 0.2) is 11.1 Å². The Morgan fingerprint density at radius 3 is 2.56 bits per heavy atom. The molecule has 0 radical (unpaired) electrons. The highest BCUT2D eigenvalue weighted by molar-refractivity contribution is 5.85. The number of rotatable bonds is 3. The molecule has 1 unspecified atom stereocenters. The molecule has 0 aliphatic carbocycles. The molecule has 0 N–H and O–H groups in total. The SMILES string of the molecule is CC(C#N)N(c1ccc2ccccc2c1)[N+](=O)[O-]. The predicted molar refractivity (Wildman–Crippen MR) is 68.5 cm³/mol. The molecular weight excluding hydrogens is 230 g/mol. The number of nitro groups is 1. The molecule has 5 heteroatoms. The third-order valence-corrected chi connectivity index (χ3v) is 2.73. The van der Waals surface area contributed by atoms with Crippen LogP contribution in [0.3, 0.4) is 0 Å². The zero-order chi connectivity index (χ0) is 13.1. The number of nitriles is 1. The molecule has 5 nitrogen and oxygen atoms in total. The second-order valence-corrected chi connectivity index (χ2v) is 3.92. The summed E-state index contributed by atoms with van der Waals surface area (Å²) in [5.41, 5.74) is 0.410. The molecule has 2 rings (SSSR count). The number of hydrogen-bond acceptors (Lipinski definition) is 3. The average Bonchev–Trinajstić information content (AvgIpc) is 2.38. The fourth-order valence-electron chi connectivity index (χ4n) is 1.83. The third-order valence-electron chi connectivity index (χ3n) is 2.73. The van der Waals surface area contributed by atoms with Crippen LogP contribution in [0.15, 0.2) is 42.5 Å². The summed E-state index contributed by atoms with van der Waals surface area (Å²) >= 11 is 0. The Bertz CT molecular complexity index is 633. The van der Waals surface area contributed by atoms with E-state index in [0.717, 1.165) is 15.8 Å². The van der Waals surface area contributed by atoms with Gasteiger partial charge in [0.05, 0.1) is 6.07 Å². The smallest absolute Gasteiger partial charge is 0.178 e. The standard InChI is InChI=1S/C13H11N3O2/c1-10(9-14)15(16(17)18)13-7-6-11-4-2-3-5-12(11)8-13/h2-8,10H,1H3. The van der Waals surface area contributed by atoms with Gasteiger partial charge in [-0.15, -0.1) is 0 Å². The monoisotopic (exact) mass is 241 g/mol. The van der Waals surface area contributed by atoms with Gasteiger partial charge >= 0.3 is 0 Å². The van der Waals surface area contributed by atoms with Crippen molar-refractivity contribution in [1.82, 2.24) is 0 Å². The minimum absolute atomic E-state index is 0.410. The third kappa shape index (κ3) is 2.09. The number of anilines is 1. The molecule has 90 valence electrons. The van der Waals surface area contributed by atoms with Gasteiger partial charge in [-0.3, -0.25) is 0 Å². The van der Waals surface area contributed by atoms with Gasteiger partial charge in [0, 0.05) is 0 Å². The minimum atomic E-state index is -0.818. The van der Waals surface area contributed by atoms with Crippen molar-refractivity contribution in [3.8, 4) is 6.07 Å². The molecule has 0 aromatic heterocycles. The molecule has 0 aliphatic rings. The van der Waals surface area contributed by atoms with Crippen LogP contribution in [0.25, 0.3) is 10.8 Å². The zero-order valence-electron chi connectivity index (χ0n) is 9.78. The molecule has 0 heterocycles. The van der Waals surface area contributed by atoms with Crippen molar-refractivity contribution < 1.29 is 5.03 Å². The van der Waals surface area contributed by atoms with E-state index in [9.17, 15) is 10.1 Å². The van der Waals surface area contributed by atoms with Crippen molar-refractivity contribution in [3.05, 3.63) is 52.6 Å². The van der Waals surface area contributed by atoms with E-state index >= 15 is 0 Å². The van der Waals surface area contributed by atoms with Gasteiger partial charge in [-0.2, -0.15) is 5.26 Å². The van der Waals surface area contributed by atoms with Crippen LogP contribution in [-0.4, -0.2) is 11.1 Å². The van der Waals surface area contributed by atoms with E-state index in [4.69, 9.17) is 5.26 Å². The van der Waals surface area contributed by atoms with Gasteiger partial charge in [0.1, 0.15) is 5.69 Å². The van der Waals surface area contributed by atoms with Crippen LogP contribution in [0, 0.1) is 21.4 Å². The lowest BCUT2D eigenvalue weighted by Crippen LogP contribution is -2.37. The quantitative estimate of drug-likeness (QED) is 0.612. The predicted octanol–water partition coefficient (Wildman–Crippen LogP) is 2.75. The van der Waals surface area contributed by atoms with Crippen LogP contribution in [0.4, 0.5) is 5.69 Å². The van der Waals surface area contributed by atoms with Crippen LogP contribution in [-0.2, 0) is 0 Å². The number of hydrogen-bond donors (Lipinski definition) is 0. The lowest BCUT2D eigenvalue weighted by Gasteiger charge is -2.16. The second-order valence-electron chi connectivity index (χ2n) is 3.92. The first-order valence-electron chi connectivity index (χ1n) is 5.45. The van der Waals surface area contributed by atoms with Crippen LogP contribution in [0.1, 0.15) is 6.92 Å². The first-order chi connectivity index (χ1) is 8.63. The van der Waals surface area contributed by atoms with E-state index < -0.39 is 11.1 Å². The minimum Gasteiger partial charge on any atom is -0.234 e. The molecule has 0 saturated heterocycles. The molecule has 0 spiro atoms. The van der Waals surface area contributed by atoms with Crippen molar-refractivity contribution in [2.24, 2.45) is 0 Å². The Labute approximate surface area is 104 Å². The van der Waals surface area contributed by atoms with Crippen molar-refractivity contribution in [1.29, 1.82) is 5.26 Å². The molecule has 0 aliphatic heterocycles. The molecule has 1 atom stereocenters. The zero-order valence-corrected chi connectivity index (χ0v) is 9.78. The van der Waals surface area contributed by atoms with Gasteiger partial charge in [-0.25, -0.2) is 10.1 Å². The largest absolute Gasteiger partial charge is 0.234 e. The molecule has 18 heavy (non-hydrogen) atoms. The van der Waals surface area contributed by atoms with Crippen LogP contribution in [0.5, 0.6) is 0 Å². The Morgan fingerprint density at radius 2 is 1.94 bits per heavy atom. The summed E-state index contributed by atoms with van der Waals surface area (Å²) in [6.45, 7) is 1.50. The van der Waals surface area contributed by atoms with Crippen molar-refractivity contribution in [2.75, 3.05) is 5.01 Å². The number of fused-ring (bicyclic) bond motifs is 1. The Morgan fingerprint density at radius 1 is 1.28 bits per heavy atom. The summed E-state index contributed by atoms with van der Waals surface area (Å²) < 4.78 is 0. The molecule has 0 fully saturated rings. The highest BCUT2D eigenvalue weighted by Gasteiger charge is 2.24. The molecular formula is C13H11N3O2. The van der Waals surface area contributed by atoms with Crippen LogP contribution < -0.4 is 5.01 Å². The normalized spacial score (nSPS) is 11.8. The fourth-order valence-corrected chi connectivity index (χ4v) is 1.83. The number of hydrazine groups is 1. The van der Waals surface area contributed by atoms with E-state index in [2.05, 4.69) is 0 Å². The van der Waals surface area contributed by atoms with E-state index in [1.807, 2.05) is 36.4 Å². The molecule has 0 bridgehead atoms. The summed E-state index contributed by atoms with van der Waals surface area (Å²) in [6.07, 6.45) is 0. The van der Waals surface area contributed by atoms with E-state index in [1.165, 1.54) is 6.92 Å². The highest BCUT2D eigenvalue weighted by atomic mass is 16.7. The fraction of sp³-hybridized carbons (Fsp3) is 0.154. The van der Waals surface area contributed by atoms with Crippen LogP contribution >= 0.6 is 0 Å². The van der Waals surface area contributed by atoms with Crippen molar-refractivity contribution >= 4 is 16.5 Å². The molecule has 2 aromatic rings. The topological polar surface area (TPSA) is 70.2 Å². The number of nitrogens with zero attached hydrogens (tertiary/aromatic N) is 3. The Kier molecular flexibility index (Phi) is 3.11. The lowest BCUT2D eigenvalue weighted by molar-refractivity contribution is -0.497. The summed E-state index contributed by atoms with van der Waals surface area (Å²) in [4.78, 5) is 11.0.